The van der Waals surface area contributed by atoms with Crippen LogP contribution >= 0.6 is 34.9 Å². The second kappa shape index (κ2) is 6.80. The van der Waals surface area contributed by atoms with Crippen molar-refractivity contribution >= 4 is 40.8 Å². The molecule has 4 saturated carbocycles. The Hall–Kier alpha value is -0.270. The Labute approximate surface area is 156 Å². The van der Waals surface area contributed by atoms with Crippen molar-refractivity contribution in [3.8, 4) is 0 Å². The third kappa shape index (κ3) is 3.36. The maximum atomic E-state index is 12.4. The highest BCUT2D eigenvalue weighted by atomic mass is 32.2. The maximum absolute atomic E-state index is 12.4. The molecule has 4 aliphatic carbocycles. The fraction of sp³-hybridized carbons (Fsp3) is 0.824. The van der Waals surface area contributed by atoms with Gasteiger partial charge in [0.15, 0.2) is 8.68 Å². The molecule has 1 aromatic heterocycles. The molecule has 5 rings (SSSR count). The zero-order valence-electron chi connectivity index (χ0n) is 14.3. The lowest BCUT2D eigenvalue weighted by molar-refractivity contribution is -0.123. The van der Waals surface area contributed by atoms with Crippen molar-refractivity contribution in [1.82, 2.24) is 15.5 Å². The second-order valence-electron chi connectivity index (χ2n) is 7.90. The van der Waals surface area contributed by atoms with E-state index in [0.29, 0.717) is 17.2 Å². The number of hydrogen-bond donors (Lipinski definition) is 1. The largest absolute Gasteiger partial charge is 0.352 e. The van der Waals surface area contributed by atoms with E-state index in [0.717, 1.165) is 26.4 Å². The molecular weight excluding hydrogens is 358 g/mol. The predicted octanol–water partition coefficient (Wildman–Crippen LogP) is 4.07. The number of nitrogens with one attached hydrogen (secondary N) is 1. The summed E-state index contributed by atoms with van der Waals surface area (Å²) in [6, 6.07) is 0.301. The highest BCUT2D eigenvalue weighted by Crippen LogP contribution is 2.61. The third-order valence-corrected chi connectivity index (χ3v) is 9.30. The molecule has 4 nitrogen and oxygen atoms in total. The molecule has 0 radical (unpaired) electrons. The second-order valence-corrected chi connectivity index (χ2v) is 11.1. The van der Waals surface area contributed by atoms with Gasteiger partial charge in [0, 0.05) is 6.04 Å². The van der Waals surface area contributed by atoms with Crippen LogP contribution in [0.1, 0.15) is 45.4 Å². The fourth-order valence-corrected chi connectivity index (χ4v) is 7.86. The van der Waals surface area contributed by atoms with Gasteiger partial charge in [-0.2, -0.15) is 0 Å². The van der Waals surface area contributed by atoms with Gasteiger partial charge in [-0.1, -0.05) is 34.9 Å². The molecule has 1 aromatic rings. The van der Waals surface area contributed by atoms with Gasteiger partial charge >= 0.3 is 0 Å². The molecule has 0 unspecified atom stereocenters. The molecule has 1 amide bonds. The summed E-state index contributed by atoms with van der Waals surface area (Å²) in [5.74, 6) is 3.37. The van der Waals surface area contributed by atoms with E-state index in [1.54, 1.807) is 23.1 Å². The summed E-state index contributed by atoms with van der Waals surface area (Å²) in [5.41, 5.74) is 0.379. The fourth-order valence-electron chi connectivity index (χ4n) is 5.61. The Morgan fingerprint density at radius 1 is 1.21 bits per heavy atom. The van der Waals surface area contributed by atoms with Gasteiger partial charge in [-0.3, -0.25) is 4.79 Å². The SMILES string of the molecule is CSc1nnc(SCC(=O)N[C@H](C)C23CC4CC(CC(C4)C2)C3)s1. The van der Waals surface area contributed by atoms with Crippen molar-refractivity contribution < 1.29 is 4.79 Å². The molecule has 24 heavy (non-hydrogen) atoms. The highest BCUT2D eigenvalue weighted by Gasteiger charge is 2.53. The monoisotopic (exact) mass is 383 g/mol. The molecule has 4 aliphatic rings. The molecule has 0 saturated heterocycles. The van der Waals surface area contributed by atoms with Gasteiger partial charge in [-0.25, -0.2) is 0 Å². The first kappa shape index (κ1) is 17.2. The first-order chi connectivity index (χ1) is 11.6. The topological polar surface area (TPSA) is 54.9 Å². The van der Waals surface area contributed by atoms with Crippen molar-refractivity contribution in [2.45, 2.75) is 60.2 Å². The first-order valence-corrected chi connectivity index (χ1v) is 11.9. The van der Waals surface area contributed by atoms with Crippen LogP contribution in [0.4, 0.5) is 0 Å². The number of nitrogens with zero attached hydrogens (tertiary/aromatic N) is 2. The number of aromatic nitrogens is 2. The van der Waals surface area contributed by atoms with Crippen molar-refractivity contribution in [3.63, 3.8) is 0 Å². The number of thioether (sulfide) groups is 2. The van der Waals surface area contributed by atoms with Crippen molar-refractivity contribution in [2.24, 2.45) is 23.2 Å². The van der Waals surface area contributed by atoms with Crippen molar-refractivity contribution in [1.29, 1.82) is 0 Å². The van der Waals surface area contributed by atoms with Crippen LogP contribution in [0.5, 0.6) is 0 Å². The summed E-state index contributed by atoms with van der Waals surface area (Å²) < 4.78 is 1.84. The van der Waals surface area contributed by atoms with Gasteiger partial charge in [-0.15, -0.1) is 10.2 Å². The normalized spacial score (nSPS) is 35.2. The summed E-state index contributed by atoms with van der Waals surface area (Å²) in [6.45, 7) is 2.24. The molecule has 0 aliphatic heterocycles. The summed E-state index contributed by atoms with van der Waals surface area (Å²) in [4.78, 5) is 12.4. The highest BCUT2D eigenvalue weighted by molar-refractivity contribution is 8.03. The molecule has 7 heteroatoms. The Bertz CT molecular complexity index is 583. The van der Waals surface area contributed by atoms with E-state index >= 15 is 0 Å². The van der Waals surface area contributed by atoms with E-state index in [-0.39, 0.29) is 5.91 Å². The van der Waals surface area contributed by atoms with Crippen LogP contribution in [0.15, 0.2) is 8.68 Å². The number of carbonyl (C=O) groups excluding carboxylic acids is 1. The maximum Gasteiger partial charge on any atom is 0.230 e. The van der Waals surface area contributed by atoms with Crippen LogP contribution in [0.2, 0.25) is 0 Å². The number of carbonyl (C=O) groups is 1. The van der Waals surface area contributed by atoms with E-state index < -0.39 is 0 Å². The first-order valence-electron chi connectivity index (χ1n) is 8.86. The summed E-state index contributed by atoms with van der Waals surface area (Å²) in [6.07, 6.45) is 10.3. The Balaban J connectivity index is 1.32. The Kier molecular flexibility index (Phi) is 4.86. The van der Waals surface area contributed by atoms with Crippen molar-refractivity contribution in [3.05, 3.63) is 0 Å². The van der Waals surface area contributed by atoms with Crippen molar-refractivity contribution in [2.75, 3.05) is 12.0 Å². The molecule has 0 aromatic carbocycles. The molecular formula is C17H25N3OS3. The lowest BCUT2D eigenvalue weighted by Crippen LogP contribution is -2.56. The Morgan fingerprint density at radius 2 is 1.79 bits per heavy atom. The number of rotatable bonds is 6. The average Bonchev–Trinajstić information content (AvgIpc) is 2.99. The summed E-state index contributed by atoms with van der Waals surface area (Å²) in [7, 11) is 0. The van der Waals surface area contributed by atoms with Gasteiger partial charge in [-0.05, 0) is 74.9 Å². The minimum Gasteiger partial charge on any atom is -0.352 e. The van der Waals surface area contributed by atoms with Crippen LogP contribution in [0.25, 0.3) is 0 Å². The zero-order chi connectivity index (χ0) is 16.7. The summed E-state index contributed by atoms with van der Waals surface area (Å²) >= 11 is 4.67. The lowest BCUT2D eigenvalue weighted by atomic mass is 9.48. The zero-order valence-corrected chi connectivity index (χ0v) is 16.7. The lowest BCUT2D eigenvalue weighted by Gasteiger charge is -2.59. The summed E-state index contributed by atoms with van der Waals surface area (Å²) in [5, 5.41) is 11.5. The van der Waals surface area contributed by atoms with E-state index in [9.17, 15) is 4.79 Å². The molecule has 1 N–H and O–H groups in total. The van der Waals surface area contributed by atoms with E-state index in [4.69, 9.17) is 0 Å². The minimum atomic E-state index is 0.143. The van der Waals surface area contributed by atoms with Crippen LogP contribution in [0.3, 0.4) is 0 Å². The van der Waals surface area contributed by atoms with E-state index in [1.165, 1.54) is 50.3 Å². The smallest absolute Gasteiger partial charge is 0.230 e. The van der Waals surface area contributed by atoms with Crippen LogP contribution in [0, 0.1) is 23.2 Å². The molecule has 132 valence electrons. The van der Waals surface area contributed by atoms with Crippen LogP contribution in [-0.4, -0.2) is 34.2 Å². The average molecular weight is 384 g/mol. The van der Waals surface area contributed by atoms with Crippen LogP contribution in [-0.2, 0) is 4.79 Å². The quantitative estimate of drug-likeness (QED) is 0.750. The number of hydrogen-bond acceptors (Lipinski definition) is 6. The van der Waals surface area contributed by atoms with E-state index in [2.05, 4.69) is 22.4 Å². The van der Waals surface area contributed by atoms with Gasteiger partial charge in [0.2, 0.25) is 5.91 Å². The van der Waals surface area contributed by atoms with Gasteiger partial charge < -0.3 is 5.32 Å². The van der Waals surface area contributed by atoms with Gasteiger partial charge in [0.05, 0.1) is 5.75 Å². The standard InChI is InChI=1S/C17H25N3OS3/c1-10(17-6-11-3-12(7-17)5-13(4-11)8-17)18-14(21)9-23-16-20-19-15(22-2)24-16/h10-13H,3-9H2,1-2H3,(H,18,21)/t10-,11?,12?,13?,17?/m1/s1. The molecule has 4 fully saturated rings. The Morgan fingerprint density at radius 3 is 2.33 bits per heavy atom. The van der Waals surface area contributed by atoms with E-state index in [1.807, 2.05) is 6.26 Å². The molecule has 0 spiro atoms. The molecule has 1 atom stereocenters. The molecule has 4 bridgehead atoms. The number of amides is 1. The van der Waals surface area contributed by atoms with Crippen LogP contribution < -0.4 is 5.32 Å². The van der Waals surface area contributed by atoms with Gasteiger partial charge in [0.1, 0.15) is 0 Å². The third-order valence-electron chi connectivity index (χ3n) is 6.27. The van der Waals surface area contributed by atoms with Gasteiger partial charge in [0.25, 0.3) is 0 Å². The predicted molar refractivity (Wildman–Crippen MR) is 101 cm³/mol. The minimum absolute atomic E-state index is 0.143. The molecule has 1 heterocycles.